The van der Waals surface area contributed by atoms with Crippen molar-refractivity contribution in [2.24, 2.45) is 0 Å². The number of benzene rings is 1. The second-order valence-corrected chi connectivity index (χ2v) is 9.50. The quantitative estimate of drug-likeness (QED) is 0.728. The summed E-state index contributed by atoms with van der Waals surface area (Å²) in [4.78, 5) is 28.9. The van der Waals surface area contributed by atoms with Gasteiger partial charge >= 0.3 is 11.8 Å². The second-order valence-electron chi connectivity index (χ2n) is 7.28. The van der Waals surface area contributed by atoms with Crippen LogP contribution in [0.1, 0.15) is 24.5 Å². The Morgan fingerprint density at radius 1 is 1.22 bits per heavy atom. The summed E-state index contributed by atoms with van der Waals surface area (Å²) in [5.41, 5.74) is 2.50. The topological polar surface area (TPSA) is 86.8 Å². The molecule has 27 heavy (non-hydrogen) atoms. The molecular formula is C19H29N3O4S. The third-order valence-electron chi connectivity index (χ3n) is 4.87. The zero-order valence-electron chi connectivity index (χ0n) is 16.5. The van der Waals surface area contributed by atoms with Gasteiger partial charge in [0.25, 0.3) is 0 Å². The van der Waals surface area contributed by atoms with Gasteiger partial charge in [-0.05, 0) is 45.0 Å². The van der Waals surface area contributed by atoms with Gasteiger partial charge in [0.15, 0.2) is 9.84 Å². The number of carbonyl (C=O) groups excluding carboxylic acids is 2. The van der Waals surface area contributed by atoms with Crippen molar-refractivity contribution in [3.8, 4) is 0 Å². The van der Waals surface area contributed by atoms with Crippen molar-refractivity contribution in [2.45, 2.75) is 32.7 Å². The summed E-state index contributed by atoms with van der Waals surface area (Å²) in [7, 11) is 0.586. The summed E-state index contributed by atoms with van der Waals surface area (Å²) in [5.74, 6) is -1.42. The van der Waals surface area contributed by atoms with Gasteiger partial charge in [0.1, 0.15) is 0 Å². The van der Waals surface area contributed by atoms with Crippen molar-refractivity contribution in [1.29, 1.82) is 0 Å². The molecule has 1 aromatic carbocycles. The number of aryl methyl sites for hydroxylation is 2. The van der Waals surface area contributed by atoms with Crippen LogP contribution in [0.25, 0.3) is 0 Å². The monoisotopic (exact) mass is 395 g/mol. The Hall–Kier alpha value is -1.93. The molecule has 1 heterocycles. The summed E-state index contributed by atoms with van der Waals surface area (Å²) in [6, 6.07) is 5.27. The Kier molecular flexibility index (Phi) is 7.00. The van der Waals surface area contributed by atoms with Crippen LogP contribution in [-0.4, -0.2) is 74.8 Å². The van der Waals surface area contributed by atoms with Crippen molar-refractivity contribution in [3.63, 3.8) is 0 Å². The van der Waals surface area contributed by atoms with E-state index in [-0.39, 0.29) is 11.5 Å². The first-order valence-corrected chi connectivity index (χ1v) is 11.0. The lowest BCUT2D eigenvalue weighted by atomic mass is 10.1. The van der Waals surface area contributed by atoms with E-state index in [1.54, 1.807) is 0 Å². The minimum atomic E-state index is -3.15. The van der Waals surface area contributed by atoms with Crippen molar-refractivity contribution in [1.82, 2.24) is 9.80 Å². The van der Waals surface area contributed by atoms with Crippen molar-refractivity contribution >= 4 is 27.3 Å². The third kappa shape index (κ3) is 5.52. The van der Waals surface area contributed by atoms with E-state index in [0.29, 0.717) is 25.2 Å². The molecule has 1 saturated heterocycles. The highest BCUT2D eigenvalue weighted by Gasteiger charge is 2.36. The van der Waals surface area contributed by atoms with Crippen LogP contribution in [0.4, 0.5) is 5.69 Å². The summed E-state index contributed by atoms with van der Waals surface area (Å²) in [6.07, 6.45) is 1.11. The maximum Gasteiger partial charge on any atom is 0.313 e. The standard InChI is InChI=1S/C19H29N3O4S/c1-5-15-8-6-7-14(2)17(15)20-18(23)19(24)22(11-10-21(3)4)16-9-12-27(25,26)13-16/h6-8,16H,5,9-13H2,1-4H3,(H,20,23). The van der Waals surface area contributed by atoms with Crippen molar-refractivity contribution < 1.29 is 18.0 Å². The Labute approximate surface area is 161 Å². The molecule has 1 N–H and O–H groups in total. The maximum absolute atomic E-state index is 12.9. The molecule has 0 aromatic heterocycles. The number of nitrogens with one attached hydrogen (secondary N) is 1. The van der Waals surface area contributed by atoms with Gasteiger partial charge in [0.05, 0.1) is 11.5 Å². The fraction of sp³-hybridized carbons (Fsp3) is 0.579. The van der Waals surface area contributed by atoms with E-state index < -0.39 is 27.7 Å². The number of para-hydroxylation sites is 1. The van der Waals surface area contributed by atoms with Crippen LogP contribution in [-0.2, 0) is 25.8 Å². The smallest absolute Gasteiger partial charge is 0.313 e. The first kappa shape index (κ1) is 21.4. The summed E-state index contributed by atoms with van der Waals surface area (Å²) < 4.78 is 23.7. The molecule has 2 rings (SSSR count). The Balaban J connectivity index is 2.20. The van der Waals surface area contributed by atoms with E-state index in [1.807, 2.05) is 51.0 Å². The lowest BCUT2D eigenvalue weighted by Crippen LogP contribution is -2.49. The molecule has 150 valence electrons. The molecule has 0 aliphatic carbocycles. The van der Waals surface area contributed by atoms with Gasteiger partial charge in [-0.25, -0.2) is 8.42 Å². The van der Waals surface area contributed by atoms with Gasteiger partial charge in [0.2, 0.25) is 0 Å². The number of hydrogen-bond donors (Lipinski definition) is 1. The van der Waals surface area contributed by atoms with E-state index >= 15 is 0 Å². The van der Waals surface area contributed by atoms with Gasteiger partial charge in [-0.1, -0.05) is 25.1 Å². The Morgan fingerprint density at radius 3 is 2.48 bits per heavy atom. The number of hydrogen-bond acceptors (Lipinski definition) is 5. The van der Waals surface area contributed by atoms with Crippen molar-refractivity contribution in [2.75, 3.05) is 44.0 Å². The van der Waals surface area contributed by atoms with E-state index in [2.05, 4.69) is 5.32 Å². The zero-order chi connectivity index (χ0) is 20.2. The molecular weight excluding hydrogens is 366 g/mol. The zero-order valence-corrected chi connectivity index (χ0v) is 17.3. The molecule has 1 fully saturated rings. The lowest BCUT2D eigenvalue weighted by molar-refractivity contribution is -0.144. The van der Waals surface area contributed by atoms with Gasteiger partial charge in [-0.15, -0.1) is 0 Å². The van der Waals surface area contributed by atoms with Crippen LogP contribution >= 0.6 is 0 Å². The average molecular weight is 396 g/mol. The van der Waals surface area contributed by atoms with Crippen LogP contribution in [0.2, 0.25) is 0 Å². The molecule has 1 aliphatic rings. The minimum absolute atomic E-state index is 0.0583. The SMILES string of the molecule is CCc1cccc(C)c1NC(=O)C(=O)N(CCN(C)C)C1CCS(=O)(=O)C1. The highest BCUT2D eigenvalue weighted by molar-refractivity contribution is 7.91. The van der Waals surface area contributed by atoms with Crippen LogP contribution in [0.3, 0.4) is 0 Å². The fourth-order valence-corrected chi connectivity index (χ4v) is 5.01. The van der Waals surface area contributed by atoms with Crippen LogP contribution in [0.5, 0.6) is 0 Å². The second kappa shape index (κ2) is 8.84. The molecule has 7 nitrogen and oxygen atoms in total. The number of nitrogens with zero attached hydrogens (tertiary/aromatic N) is 2. The first-order chi connectivity index (χ1) is 12.6. The first-order valence-electron chi connectivity index (χ1n) is 9.20. The number of likely N-dealkylation sites (N-methyl/N-ethyl adjacent to an activating group) is 1. The number of rotatable bonds is 6. The van der Waals surface area contributed by atoms with E-state index in [4.69, 9.17) is 0 Å². The molecule has 1 unspecified atom stereocenters. The maximum atomic E-state index is 12.9. The van der Waals surface area contributed by atoms with Crippen LogP contribution in [0.15, 0.2) is 18.2 Å². The molecule has 2 amide bonds. The molecule has 0 radical (unpaired) electrons. The predicted octanol–water partition coefficient (Wildman–Crippen LogP) is 1.07. The largest absolute Gasteiger partial charge is 0.329 e. The molecule has 1 aromatic rings. The highest BCUT2D eigenvalue weighted by atomic mass is 32.2. The molecule has 1 aliphatic heterocycles. The Morgan fingerprint density at radius 2 is 1.93 bits per heavy atom. The van der Waals surface area contributed by atoms with Gasteiger partial charge in [-0.3, -0.25) is 9.59 Å². The van der Waals surface area contributed by atoms with Crippen molar-refractivity contribution in [3.05, 3.63) is 29.3 Å². The summed E-state index contributed by atoms with van der Waals surface area (Å²) in [5, 5.41) is 2.75. The lowest BCUT2D eigenvalue weighted by Gasteiger charge is -2.29. The number of anilines is 1. The normalized spacial score (nSPS) is 18.5. The molecule has 0 spiro atoms. The fourth-order valence-electron chi connectivity index (χ4n) is 3.28. The summed E-state index contributed by atoms with van der Waals surface area (Å²) >= 11 is 0. The van der Waals surface area contributed by atoms with Gasteiger partial charge in [0, 0.05) is 24.8 Å². The van der Waals surface area contributed by atoms with Gasteiger partial charge in [-0.2, -0.15) is 0 Å². The number of sulfone groups is 1. The minimum Gasteiger partial charge on any atom is -0.329 e. The third-order valence-corrected chi connectivity index (χ3v) is 6.62. The van der Waals surface area contributed by atoms with Crippen LogP contribution in [0, 0.1) is 6.92 Å². The van der Waals surface area contributed by atoms with E-state index in [0.717, 1.165) is 17.5 Å². The highest BCUT2D eigenvalue weighted by Crippen LogP contribution is 2.22. The summed E-state index contributed by atoms with van der Waals surface area (Å²) in [6.45, 7) is 4.74. The number of carbonyl (C=O) groups is 2. The average Bonchev–Trinajstić information content (AvgIpc) is 2.95. The van der Waals surface area contributed by atoms with Crippen LogP contribution < -0.4 is 5.32 Å². The van der Waals surface area contributed by atoms with E-state index in [1.165, 1.54) is 4.90 Å². The number of amides is 2. The van der Waals surface area contributed by atoms with Gasteiger partial charge < -0.3 is 15.1 Å². The molecule has 8 heteroatoms. The molecule has 1 atom stereocenters. The molecule has 0 saturated carbocycles. The Bertz CT molecular complexity index is 805. The molecule has 0 bridgehead atoms. The predicted molar refractivity (Wildman–Crippen MR) is 107 cm³/mol. The van der Waals surface area contributed by atoms with E-state index in [9.17, 15) is 18.0 Å².